The molecular formula is C11H17N5. The summed E-state index contributed by atoms with van der Waals surface area (Å²) in [5.74, 6) is 0. The first-order chi connectivity index (χ1) is 7.65. The number of aromatic nitrogens is 4. The van der Waals surface area contributed by atoms with Crippen LogP contribution < -0.4 is 5.73 Å². The summed E-state index contributed by atoms with van der Waals surface area (Å²) < 4.78 is 3.73. The molecule has 2 aromatic rings. The molecule has 0 bridgehead atoms. The van der Waals surface area contributed by atoms with E-state index in [4.69, 9.17) is 5.73 Å². The third kappa shape index (κ3) is 2.49. The fourth-order valence-corrected chi connectivity index (χ4v) is 1.58. The van der Waals surface area contributed by atoms with Crippen molar-refractivity contribution < 1.29 is 0 Å². The lowest BCUT2D eigenvalue weighted by molar-refractivity contribution is 0.613. The molecule has 5 heteroatoms. The second-order valence-corrected chi connectivity index (χ2v) is 4.10. The maximum Gasteiger partial charge on any atom is 0.0537 e. The molecule has 2 heterocycles. The summed E-state index contributed by atoms with van der Waals surface area (Å²) in [6, 6.07) is 0.0483. The van der Waals surface area contributed by atoms with Gasteiger partial charge in [0.15, 0.2) is 0 Å². The van der Waals surface area contributed by atoms with Crippen LogP contribution in [0.15, 0.2) is 24.8 Å². The minimum absolute atomic E-state index is 0.0483. The normalized spacial score (nSPS) is 12.9. The number of rotatable bonds is 4. The van der Waals surface area contributed by atoms with Gasteiger partial charge in [-0.2, -0.15) is 10.2 Å². The van der Waals surface area contributed by atoms with Gasteiger partial charge in [-0.3, -0.25) is 9.36 Å². The van der Waals surface area contributed by atoms with Gasteiger partial charge in [0.1, 0.15) is 0 Å². The maximum absolute atomic E-state index is 5.77. The van der Waals surface area contributed by atoms with Crippen molar-refractivity contribution in [1.29, 1.82) is 0 Å². The molecule has 1 unspecified atom stereocenters. The second kappa shape index (κ2) is 4.49. The molecule has 0 fully saturated rings. The SMILES string of the molecule is CC(N)c1cnn(CCc2cnn(C)c2)c1. The highest BCUT2D eigenvalue weighted by Crippen LogP contribution is 2.08. The van der Waals surface area contributed by atoms with Crippen LogP contribution in [-0.4, -0.2) is 19.6 Å². The number of nitrogens with two attached hydrogens (primary N) is 1. The van der Waals surface area contributed by atoms with E-state index in [1.165, 1.54) is 5.56 Å². The molecule has 16 heavy (non-hydrogen) atoms. The average Bonchev–Trinajstić information content (AvgIpc) is 2.83. The summed E-state index contributed by atoms with van der Waals surface area (Å²) in [7, 11) is 1.92. The highest BCUT2D eigenvalue weighted by Gasteiger charge is 2.03. The lowest BCUT2D eigenvalue weighted by Gasteiger charge is -2.00. The average molecular weight is 219 g/mol. The van der Waals surface area contributed by atoms with E-state index in [9.17, 15) is 0 Å². The Morgan fingerprint density at radius 3 is 2.69 bits per heavy atom. The fourth-order valence-electron chi connectivity index (χ4n) is 1.58. The van der Waals surface area contributed by atoms with Crippen LogP contribution in [0.25, 0.3) is 0 Å². The van der Waals surface area contributed by atoms with E-state index in [0.717, 1.165) is 18.5 Å². The lowest BCUT2D eigenvalue weighted by Crippen LogP contribution is -2.04. The smallest absolute Gasteiger partial charge is 0.0537 e. The zero-order valence-corrected chi connectivity index (χ0v) is 9.67. The molecule has 0 spiro atoms. The highest BCUT2D eigenvalue weighted by atomic mass is 15.3. The number of nitrogens with zero attached hydrogens (tertiary/aromatic N) is 4. The van der Waals surface area contributed by atoms with Crippen molar-refractivity contribution in [2.75, 3.05) is 0 Å². The minimum atomic E-state index is 0.0483. The Labute approximate surface area is 94.9 Å². The molecule has 0 aliphatic heterocycles. The Morgan fingerprint density at radius 2 is 2.12 bits per heavy atom. The van der Waals surface area contributed by atoms with Gasteiger partial charge in [0.25, 0.3) is 0 Å². The van der Waals surface area contributed by atoms with Crippen molar-refractivity contribution in [3.8, 4) is 0 Å². The van der Waals surface area contributed by atoms with Gasteiger partial charge >= 0.3 is 0 Å². The number of aryl methyl sites for hydroxylation is 3. The van der Waals surface area contributed by atoms with Gasteiger partial charge in [-0.25, -0.2) is 0 Å². The first kappa shape index (κ1) is 10.9. The molecular weight excluding hydrogens is 202 g/mol. The lowest BCUT2D eigenvalue weighted by atomic mass is 10.2. The van der Waals surface area contributed by atoms with Crippen LogP contribution in [0.1, 0.15) is 24.1 Å². The molecule has 0 aliphatic rings. The van der Waals surface area contributed by atoms with Gasteiger partial charge in [-0.15, -0.1) is 0 Å². The Bertz CT molecular complexity index is 454. The van der Waals surface area contributed by atoms with Crippen LogP contribution in [0.3, 0.4) is 0 Å². The predicted molar refractivity (Wildman–Crippen MR) is 61.7 cm³/mol. The topological polar surface area (TPSA) is 61.7 Å². The molecule has 2 rings (SSSR count). The second-order valence-electron chi connectivity index (χ2n) is 4.10. The van der Waals surface area contributed by atoms with Crippen molar-refractivity contribution in [3.05, 3.63) is 35.9 Å². The highest BCUT2D eigenvalue weighted by molar-refractivity contribution is 5.09. The maximum atomic E-state index is 5.77. The molecule has 0 aliphatic carbocycles. The zero-order valence-electron chi connectivity index (χ0n) is 9.67. The van der Waals surface area contributed by atoms with Gasteiger partial charge in [0.2, 0.25) is 0 Å². The van der Waals surface area contributed by atoms with Gasteiger partial charge in [0.05, 0.1) is 12.4 Å². The van der Waals surface area contributed by atoms with Crippen LogP contribution in [0.2, 0.25) is 0 Å². The van der Waals surface area contributed by atoms with Crippen molar-refractivity contribution in [3.63, 3.8) is 0 Å². The van der Waals surface area contributed by atoms with Crippen molar-refractivity contribution in [2.45, 2.75) is 25.9 Å². The molecule has 0 radical (unpaired) electrons. The summed E-state index contributed by atoms with van der Waals surface area (Å²) in [6.07, 6.45) is 8.68. The Kier molecular flexibility index (Phi) is 3.05. The van der Waals surface area contributed by atoms with E-state index in [1.807, 2.05) is 48.1 Å². The molecule has 2 aromatic heterocycles. The van der Waals surface area contributed by atoms with E-state index in [-0.39, 0.29) is 6.04 Å². The van der Waals surface area contributed by atoms with Crippen LogP contribution in [-0.2, 0) is 20.0 Å². The fraction of sp³-hybridized carbons (Fsp3) is 0.455. The van der Waals surface area contributed by atoms with E-state index >= 15 is 0 Å². The van der Waals surface area contributed by atoms with E-state index in [1.54, 1.807) is 0 Å². The van der Waals surface area contributed by atoms with Crippen LogP contribution in [0, 0.1) is 0 Å². The predicted octanol–water partition coefficient (Wildman–Crippen LogP) is 0.879. The molecule has 0 aromatic carbocycles. The van der Waals surface area contributed by atoms with Gasteiger partial charge in [-0.05, 0) is 18.9 Å². The van der Waals surface area contributed by atoms with Crippen molar-refractivity contribution in [1.82, 2.24) is 19.6 Å². The van der Waals surface area contributed by atoms with Gasteiger partial charge < -0.3 is 5.73 Å². The summed E-state index contributed by atoms with van der Waals surface area (Å²) in [5.41, 5.74) is 8.07. The Morgan fingerprint density at radius 1 is 1.31 bits per heavy atom. The summed E-state index contributed by atoms with van der Waals surface area (Å²) in [6.45, 7) is 2.82. The van der Waals surface area contributed by atoms with Gasteiger partial charge in [0, 0.05) is 37.6 Å². The van der Waals surface area contributed by atoms with E-state index in [0.29, 0.717) is 0 Å². The Balaban J connectivity index is 1.94. The van der Waals surface area contributed by atoms with E-state index < -0.39 is 0 Å². The van der Waals surface area contributed by atoms with Crippen molar-refractivity contribution in [2.24, 2.45) is 12.8 Å². The van der Waals surface area contributed by atoms with Crippen LogP contribution in [0.5, 0.6) is 0 Å². The van der Waals surface area contributed by atoms with Crippen LogP contribution >= 0.6 is 0 Å². The molecule has 2 N–H and O–H groups in total. The zero-order chi connectivity index (χ0) is 11.5. The third-order valence-electron chi connectivity index (χ3n) is 2.57. The summed E-state index contributed by atoms with van der Waals surface area (Å²) in [4.78, 5) is 0. The third-order valence-corrected chi connectivity index (χ3v) is 2.57. The molecule has 0 amide bonds. The molecule has 86 valence electrons. The molecule has 0 saturated heterocycles. The first-order valence-corrected chi connectivity index (χ1v) is 5.40. The molecule has 0 saturated carbocycles. The first-order valence-electron chi connectivity index (χ1n) is 5.40. The monoisotopic (exact) mass is 219 g/mol. The molecule has 1 atom stereocenters. The number of hydrogen-bond donors (Lipinski definition) is 1. The summed E-state index contributed by atoms with van der Waals surface area (Å²) >= 11 is 0. The minimum Gasteiger partial charge on any atom is -0.324 e. The van der Waals surface area contributed by atoms with Crippen LogP contribution in [0.4, 0.5) is 0 Å². The van der Waals surface area contributed by atoms with E-state index in [2.05, 4.69) is 10.2 Å². The number of hydrogen-bond acceptors (Lipinski definition) is 3. The van der Waals surface area contributed by atoms with Gasteiger partial charge in [-0.1, -0.05) is 0 Å². The Hall–Kier alpha value is -1.62. The largest absolute Gasteiger partial charge is 0.324 e. The van der Waals surface area contributed by atoms with Crippen molar-refractivity contribution >= 4 is 0 Å². The molecule has 5 nitrogen and oxygen atoms in total. The summed E-state index contributed by atoms with van der Waals surface area (Å²) in [5, 5.41) is 8.40. The standard InChI is InChI=1S/C11H17N5/c1-9(12)11-6-14-16(8-11)4-3-10-5-13-15(2)7-10/h5-9H,3-4,12H2,1-2H3. The quantitative estimate of drug-likeness (QED) is 0.830.